The summed E-state index contributed by atoms with van der Waals surface area (Å²) < 4.78 is 5.25. The Morgan fingerprint density at radius 2 is 2.24 bits per heavy atom. The summed E-state index contributed by atoms with van der Waals surface area (Å²) in [6.45, 7) is 8.01. The Bertz CT molecular complexity index is 356. The highest BCUT2D eigenvalue weighted by Gasteiger charge is 2.21. The first-order valence-corrected chi connectivity index (χ1v) is 5.79. The fraction of sp³-hybridized carbons (Fsp3) is 0.636. The largest absolute Gasteiger partial charge is 0.382 e. The minimum absolute atomic E-state index is 0.101. The number of hydrogen-bond donors (Lipinski definition) is 2. The van der Waals surface area contributed by atoms with Crippen LogP contribution in [0.15, 0.2) is 0 Å². The van der Waals surface area contributed by atoms with Crippen molar-refractivity contribution in [3.8, 4) is 0 Å². The molecule has 6 heteroatoms. The van der Waals surface area contributed by atoms with Crippen LogP contribution in [0.4, 0.5) is 5.82 Å². The molecule has 1 amide bonds. The van der Waals surface area contributed by atoms with Crippen LogP contribution < -0.4 is 5.73 Å². The summed E-state index contributed by atoms with van der Waals surface area (Å²) in [6, 6.07) is 0. The predicted molar refractivity (Wildman–Crippen MR) is 65.8 cm³/mol. The van der Waals surface area contributed by atoms with E-state index in [1.54, 1.807) is 11.8 Å². The van der Waals surface area contributed by atoms with E-state index >= 15 is 0 Å². The van der Waals surface area contributed by atoms with Crippen molar-refractivity contribution >= 4 is 11.7 Å². The maximum atomic E-state index is 12.2. The number of anilines is 1. The van der Waals surface area contributed by atoms with E-state index in [9.17, 15) is 4.79 Å². The average Bonchev–Trinajstić information content (AvgIpc) is 2.64. The van der Waals surface area contributed by atoms with E-state index in [1.807, 2.05) is 13.8 Å². The number of hydrogen-bond acceptors (Lipinski definition) is 4. The second kappa shape index (κ2) is 6.24. The van der Waals surface area contributed by atoms with E-state index < -0.39 is 0 Å². The molecule has 1 aromatic rings. The van der Waals surface area contributed by atoms with Crippen LogP contribution in [0.2, 0.25) is 0 Å². The minimum atomic E-state index is -0.101. The topological polar surface area (TPSA) is 84.2 Å². The van der Waals surface area contributed by atoms with Crippen LogP contribution in [-0.4, -0.2) is 47.3 Å². The second-order valence-electron chi connectivity index (χ2n) is 3.69. The van der Waals surface area contributed by atoms with Gasteiger partial charge in [-0.05, 0) is 20.8 Å². The van der Waals surface area contributed by atoms with Gasteiger partial charge in [-0.2, -0.15) is 5.10 Å². The molecule has 0 saturated carbocycles. The minimum Gasteiger partial charge on any atom is -0.382 e. The highest BCUT2D eigenvalue weighted by atomic mass is 16.5. The van der Waals surface area contributed by atoms with Gasteiger partial charge >= 0.3 is 0 Å². The lowest BCUT2D eigenvalue weighted by molar-refractivity contribution is 0.0669. The van der Waals surface area contributed by atoms with Crippen LogP contribution in [-0.2, 0) is 4.74 Å². The predicted octanol–water partition coefficient (Wildman–Crippen LogP) is 0.799. The van der Waals surface area contributed by atoms with Crippen molar-refractivity contribution in [2.45, 2.75) is 20.8 Å². The smallest absolute Gasteiger partial charge is 0.259 e. The summed E-state index contributed by atoms with van der Waals surface area (Å²) in [7, 11) is 0. The van der Waals surface area contributed by atoms with Crippen molar-refractivity contribution in [2.75, 3.05) is 32.0 Å². The Hall–Kier alpha value is -1.56. The van der Waals surface area contributed by atoms with Gasteiger partial charge < -0.3 is 15.4 Å². The van der Waals surface area contributed by atoms with Gasteiger partial charge in [0, 0.05) is 25.4 Å². The summed E-state index contributed by atoms with van der Waals surface area (Å²) in [5.74, 6) is 0.151. The van der Waals surface area contributed by atoms with Crippen molar-refractivity contribution in [3.05, 3.63) is 11.3 Å². The van der Waals surface area contributed by atoms with Crippen molar-refractivity contribution in [3.63, 3.8) is 0 Å². The van der Waals surface area contributed by atoms with Gasteiger partial charge in [-0.1, -0.05) is 0 Å². The van der Waals surface area contributed by atoms with Gasteiger partial charge in [-0.3, -0.25) is 9.89 Å². The molecule has 96 valence electrons. The number of amides is 1. The van der Waals surface area contributed by atoms with Crippen molar-refractivity contribution in [1.82, 2.24) is 15.1 Å². The van der Waals surface area contributed by atoms with Crippen LogP contribution in [0.5, 0.6) is 0 Å². The molecule has 0 aromatic carbocycles. The van der Waals surface area contributed by atoms with E-state index in [4.69, 9.17) is 10.5 Å². The molecule has 1 aromatic heterocycles. The Morgan fingerprint density at radius 1 is 1.53 bits per heavy atom. The van der Waals surface area contributed by atoms with Crippen LogP contribution in [0.25, 0.3) is 0 Å². The zero-order valence-electron chi connectivity index (χ0n) is 10.6. The van der Waals surface area contributed by atoms with E-state index in [0.717, 1.165) is 0 Å². The Balaban J connectivity index is 2.72. The van der Waals surface area contributed by atoms with Crippen LogP contribution in [0.1, 0.15) is 29.9 Å². The third kappa shape index (κ3) is 3.20. The van der Waals surface area contributed by atoms with Crippen molar-refractivity contribution in [1.29, 1.82) is 0 Å². The molecular weight excluding hydrogens is 220 g/mol. The number of H-pyrrole nitrogens is 1. The number of nitrogen functional groups attached to an aromatic ring is 1. The molecule has 0 aliphatic heterocycles. The summed E-state index contributed by atoms with van der Waals surface area (Å²) in [5, 5.41) is 6.53. The first-order chi connectivity index (χ1) is 8.11. The molecule has 0 bridgehead atoms. The van der Waals surface area contributed by atoms with Gasteiger partial charge in [-0.25, -0.2) is 0 Å². The molecule has 0 aliphatic carbocycles. The molecule has 0 spiro atoms. The van der Waals surface area contributed by atoms with Crippen LogP contribution >= 0.6 is 0 Å². The maximum absolute atomic E-state index is 12.2. The quantitative estimate of drug-likeness (QED) is 0.720. The van der Waals surface area contributed by atoms with Crippen LogP contribution in [0.3, 0.4) is 0 Å². The Labute approximate surface area is 101 Å². The molecule has 1 heterocycles. The van der Waals surface area contributed by atoms with E-state index in [1.165, 1.54) is 0 Å². The molecule has 6 nitrogen and oxygen atoms in total. The lowest BCUT2D eigenvalue weighted by Gasteiger charge is -2.20. The number of aryl methyl sites for hydroxylation is 1. The lowest BCUT2D eigenvalue weighted by atomic mass is 10.2. The van der Waals surface area contributed by atoms with Gasteiger partial charge in [0.1, 0.15) is 5.56 Å². The number of rotatable bonds is 6. The lowest BCUT2D eigenvalue weighted by Crippen LogP contribution is -2.34. The fourth-order valence-electron chi connectivity index (χ4n) is 1.60. The summed E-state index contributed by atoms with van der Waals surface area (Å²) >= 11 is 0. The molecule has 0 aliphatic rings. The molecule has 0 radical (unpaired) electrons. The Kier molecular flexibility index (Phi) is 4.96. The first kappa shape index (κ1) is 13.5. The summed E-state index contributed by atoms with van der Waals surface area (Å²) in [4.78, 5) is 13.9. The number of aromatic nitrogens is 2. The van der Waals surface area contributed by atoms with Gasteiger partial charge in [-0.15, -0.1) is 0 Å². The fourth-order valence-corrected chi connectivity index (χ4v) is 1.60. The second-order valence-corrected chi connectivity index (χ2v) is 3.69. The van der Waals surface area contributed by atoms with Gasteiger partial charge in [0.25, 0.3) is 5.91 Å². The highest BCUT2D eigenvalue weighted by molar-refractivity contribution is 5.99. The molecule has 3 N–H and O–H groups in total. The molecular formula is C11H20N4O2. The SMILES string of the molecule is CCOCCN(CC)C(=O)c1c(N)n[nH]c1C. The van der Waals surface area contributed by atoms with Crippen LogP contribution in [0, 0.1) is 6.92 Å². The monoisotopic (exact) mass is 240 g/mol. The number of carbonyl (C=O) groups excluding carboxylic acids is 1. The molecule has 1 rings (SSSR count). The first-order valence-electron chi connectivity index (χ1n) is 5.79. The van der Waals surface area contributed by atoms with E-state index in [0.29, 0.717) is 37.6 Å². The van der Waals surface area contributed by atoms with Crippen molar-refractivity contribution < 1.29 is 9.53 Å². The third-order valence-corrected chi connectivity index (χ3v) is 2.57. The molecule has 17 heavy (non-hydrogen) atoms. The van der Waals surface area contributed by atoms with Crippen molar-refractivity contribution in [2.24, 2.45) is 0 Å². The maximum Gasteiger partial charge on any atom is 0.259 e. The summed E-state index contributed by atoms with van der Waals surface area (Å²) in [5.41, 5.74) is 6.83. The molecule has 0 atom stereocenters. The standard InChI is InChI=1S/C11H20N4O2/c1-4-15(6-7-17-5-2)11(16)9-8(3)13-14-10(9)12/h4-7H2,1-3H3,(H3,12,13,14). The highest BCUT2D eigenvalue weighted by Crippen LogP contribution is 2.14. The number of nitrogens with one attached hydrogen (secondary N) is 1. The third-order valence-electron chi connectivity index (χ3n) is 2.57. The number of nitrogens with zero attached hydrogens (tertiary/aromatic N) is 2. The average molecular weight is 240 g/mol. The van der Waals surface area contributed by atoms with Gasteiger partial charge in [0.05, 0.1) is 6.61 Å². The number of ether oxygens (including phenoxy) is 1. The van der Waals surface area contributed by atoms with E-state index in [2.05, 4.69) is 10.2 Å². The summed E-state index contributed by atoms with van der Waals surface area (Å²) in [6.07, 6.45) is 0. The molecule has 0 saturated heterocycles. The van der Waals surface area contributed by atoms with Gasteiger partial charge in [0.2, 0.25) is 0 Å². The zero-order chi connectivity index (χ0) is 12.8. The number of carbonyl (C=O) groups is 1. The molecule has 0 unspecified atom stereocenters. The van der Waals surface area contributed by atoms with E-state index in [-0.39, 0.29) is 11.7 Å². The zero-order valence-corrected chi connectivity index (χ0v) is 10.6. The number of likely N-dealkylation sites (N-methyl/N-ethyl adjacent to an activating group) is 1. The Morgan fingerprint density at radius 3 is 2.71 bits per heavy atom. The number of aromatic amines is 1. The van der Waals surface area contributed by atoms with Gasteiger partial charge in [0.15, 0.2) is 5.82 Å². The number of nitrogens with two attached hydrogens (primary N) is 1. The normalized spacial score (nSPS) is 10.5. The molecule has 0 fully saturated rings.